The van der Waals surface area contributed by atoms with Gasteiger partial charge in [0.25, 0.3) is 11.6 Å². The highest BCUT2D eigenvalue weighted by Gasteiger charge is 2.26. The average Bonchev–Trinajstić information content (AvgIpc) is 3.67. The van der Waals surface area contributed by atoms with E-state index in [-0.39, 0.29) is 25.0 Å². The molecule has 37 heavy (non-hydrogen) atoms. The zero-order chi connectivity index (χ0) is 25.4. The van der Waals surface area contributed by atoms with Crippen LogP contribution in [0.2, 0.25) is 0 Å². The first-order valence-corrected chi connectivity index (χ1v) is 11.9. The molecular weight excluding hydrogens is 474 g/mol. The van der Waals surface area contributed by atoms with Gasteiger partial charge in [-0.15, -0.1) is 10.2 Å². The van der Waals surface area contributed by atoms with Gasteiger partial charge in [-0.05, 0) is 49.7 Å². The molecule has 4 heterocycles. The molecule has 0 aliphatic carbocycles. The summed E-state index contributed by atoms with van der Waals surface area (Å²) in [6.45, 7) is 4.65. The van der Waals surface area contributed by atoms with Crippen molar-refractivity contribution in [3.05, 3.63) is 71.7 Å². The molecular formula is C27H23N5O5. The number of benzene rings is 2. The van der Waals surface area contributed by atoms with Crippen molar-refractivity contribution in [2.24, 2.45) is 0 Å². The van der Waals surface area contributed by atoms with Gasteiger partial charge in [0, 0.05) is 23.4 Å². The molecule has 6 rings (SSSR count). The van der Waals surface area contributed by atoms with Gasteiger partial charge in [0.15, 0.2) is 11.5 Å². The SMILES string of the molecule is CCCN(Cc1nnc(-c2ccccc2)o1)C(=O)c1cc(C)nc2onc(-c3ccc4c(c3)OCO4)c12. The summed E-state index contributed by atoms with van der Waals surface area (Å²) in [5.41, 5.74) is 3.42. The van der Waals surface area contributed by atoms with Crippen LogP contribution in [0.3, 0.4) is 0 Å². The van der Waals surface area contributed by atoms with E-state index in [1.807, 2.05) is 62.4 Å². The van der Waals surface area contributed by atoms with E-state index in [1.54, 1.807) is 11.0 Å². The van der Waals surface area contributed by atoms with Gasteiger partial charge in [0.2, 0.25) is 18.6 Å². The fourth-order valence-electron chi connectivity index (χ4n) is 4.35. The van der Waals surface area contributed by atoms with Crippen molar-refractivity contribution in [2.75, 3.05) is 13.3 Å². The number of ether oxygens (including phenoxy) is 2. The van der Waals surface area contributed by atoms with E-state index in [0.29, 0.717) is 52.2 Å². The minimum absolute atomic E-state index is 0.163. The molecule has 0 radical (unpaired) electrons. The second kappa shape index (κ2) is 9.38. The van der Waals surface area contributed by atoms with Gasteiger partial charge in [0.05, 0.1) is 17.5 Å². The zero-order valence-corrected chi connectivity index (χ0v) is 20.3. The van der Waals surface area contributed by atoms with Crippen LogP contribution >= 0.6 is 0 Å². The first-order valence-electron chi connectivity index (χ1n) is 11.9. The van der Waals surface area contributed by atoms with E-state index < -0.39 is 0 Å². The lowest BCUT2D eigenvalue weighted by molar-refractivity contribution is 0.0730. The molecule has 0 saturated carbocycles. The van der Waals surface area contributed by atoms with Gasteiger partial charge in [-0.25, -0.2) is 4.98 Å². The number of pyridine rings is 1. The summed E-state index contributed by atoms with van der Waals surface area (Å²) in [5.74, 6) is 1.82. The van der Waals surface area contributed by atoms with Crippen molar-refractivity contribution in [1.29, 1.82) is 0 Å². The maximum absolute atomic E-state index is 13.9. The van der Waals surface area contributed by atoms with E-state index in [0.717, 1.165) is 17.5 Å². The Morgan fingerprint density at radius 1 is 1.00 bits per heavy atom. The Morgan fingerprint density at radius 3 is 2.68 bits per heavy atom. The number of rotatable bonds is 7. The maximum Gasteiger partial charge on any atom is 0.259 e. The number of amides is 1. The van der Waals surface area contributed by atoms with Crippen LogP contribution in [-0.2, 0) is 6.54 Å². The van der Waals surface area contributed by atoms with Crippen LogP contribution in [0.4, 0.5) is 0 Å². The summed E-state index contributed by atoms with van der Waals surface area (Å²) >= 11 is 0. The molecule has 10 nitrogen and oxygen atoms in total. The van der Waals surface area contributed by atoms with E-state index in [4.69, 9.17) is 18.4 Å². The molecule has 0 N–H and O–H groups in total. The van der Waals surface area contributed by atoms with Crippen LogP contribution in [0.1, 0.15) is 35.3 Å². The van der Waals surface area contributed by atoms with Crippen molar-refractivity contribution < 1.29 is 23.2 Å². The van der Waals surface area contributed by atoms with Gasteiger partial charge < -0.3 is 23.3 Å². The molecule has 0 bridgehead atoms. The number of carbonyl (C=O) groups is 1. The van der Waals surface area contributed by atoms with Gasteiger partial charge in [-0.1, -0.05) is 30.3 Å². The predicted molar refractivity (Wildman–Crippen MR) is 133 cm³/mol. The normalized spacial score (nSPS) is 12.3. The fourth-order valence-corrected chi connectivity index (χ4v) is 4.35. The van der Waals surface area contributed by atoms with E-state index in [2.05, 4.69) is 20.3 Å². The third-order valence-electron chi connectivity index (χ3n) is 6.05. The lowest BCUT2D eigenvalue weighted by atomic mass is 10.0. The number of hydrogen-bond donors (Lipinski definition) is 0. The predicted octanol–water partition coefficient (Wildman–Crippen LogP) is 5.03. The molecule has 5 aromatic rings. The Bertz CT molecular complexity index is 1590. The van der Waals surface area contributed by atoms with Gasteiger partial charge in [-0.2, -0.15) is 0 Å². The number of aryl methyl sites for hydroxylation is 1. The molecule has 1 aliphatic heterocycles. The standard InChI is InChI=1S/C27H23N5O5/c1-3-11-32(14-22-29-30-25(36-22)17-7-5-4-6-8-17)27(33)19-12-16(2)28-26-23(19)24(31-37-26)18-9-10-20-21(13-18)35-15-34-20/h4-10,12-13H,3,11,14-15H2,1-2H3. The highest BCUT2D eigenvalue weighted by molar-refractivity contribution is 6.09. The molecule has 0 spiro atoms. The molecule has 0 unspecified atom stereocenters. The number of hydrogen-bond acceptors (Lipinski definition) is 9. The third kappa shape index (κ3) is 4.26. The maximum atomic E-state index is 13.9. The second-order valence-electron chi connectivity index (χ2n) is 8.68. The van der Waals surface area contributed by atoms with Crippen LogP contribution in [0, 0.1) is 6.92 Å². The van der Waals surface area contributed by atoms with Gasteiger partial charge in [0.1, 0.15) is 5.69 Å². The Morgan fingerprint density at radius 2 is 1.84 bits per heavy atom. The number of carbonyl (C=O) groups excluding carboxylic acids is 1. The van der Waals surface area contributed by atoms with Crippen molar-refractivity contribution in [2.45, 2.75) is 26.8 Å². The first kappa shape index (κ1) is 22.7. The van der Waals surface area contributed by atoms with Crippen LogP contribution in [0.25, 0.3) is 33.8 Å². The molecule has 0 atom stereocenters. The summed E-state index contributed by atoms with van der Waals surface area (Å²) in [5, 5.41) is 13.1. The topological polar surface area (TPSA) is 117 Å². The molecule has 0 saturated heterocycles. The summed E-state index contributed by atoms with van der Waals surface area (Å²) in [7, 11) is 0. The van der Waals surface area contributed by atoms with Crippen molar-refractivity contribution >= 4 is 17.0 Å². The summed E-state index contributed by atoms with van der Waals surface area (Å²) in [6.07, 6.45) is 0.747. The summed E-state index contributed by atoms with van der Waals surface area (Å²) < 4.78 is 22.4. The Labute approximate surface area is 211 Å². The summed E-state index contributed by atoms with van der Waals surface area (Å²) in [6, 6.07) is 16.8. The molecule has 2 aromatic carbocycles. The van der Waals surface area contributed by atoms with E-state index >= 15 is 0 Å². The fraction of sp³-hybridized carbons (Fsp3) is 0.222. The molecule has 0 fully saturated rings. The van der Waals surface area contributed by atoms with Gasteiger partial charge in [-0.3, -0.25) is 4.79 Å². The van der Waals surface area contributed by atoms with Crippen LogP contribution < -0.4 is 9.47 Å². The number of aromatic nitrogens is 4. The summed E-state index contributed by atoms with van der Waals surface area (Å²) in [4.78, 5) is 20.1. The van der Waals surface area contributed by atoms with Crippen LogP contribution in [-0.4, -0.2) is 44.5 Å². The highest BCUT2D eigenvalue weighted by atomic mass is 16.7. The van der Waals surface area contributed by atoms with Gasteiger partial charge >= 0.3 is 0 Å². The van der Waals surface area contributed by atoms with Crippen molar-refractivity contribution in [3.63, 3.8) is 0 Å². The lowest BCUT2D eigenvalue weighted by Gasteiger charge is -2.21. The largest absolute Gasteiger partial charge is 0.454 e. The molecule has 10 heteroatoms. The van der Waals surface area contributed by atoms with Crippen molar-refractivity contribution in [3.8, 4) is 34.2 Å². The zero-order valence-electron chi connectivity index (χ0n) is 20.3. The second-order valence-corrected chi connectivity index (χ2v) is 8.68. The Balaban J connectivity index is 1.37. The van der Waals surface area contributed by atoms with E-state index in [1.165, 1.54) is 0 Å². The van der Waals surface area contributed by atoms with Crippen LogP contribution in [0.5, 0.6) is 11.5 Å². The Kier molecular flexibility index (Phi) is 5.76. The Hall–Kier alpha value is -4.73. The molecule has 186 valence electrons. The van der Waals surface area contributed by atoms with Crippen LogP contribution in [0.15, 0.2) is 63.5 Å². The number of nitrogens with zero attached hydrogens (tertiary/aromatic N) is 5. The minimum atomic E-state index is -0.206. The number of fused-ring (bicyclic) bond motifs is 2. The first-order chi connectivity index (χ1) is 18.1. The lowest BCUT2D eigenvalue weighted by Crippen LogP contribution is -2.31. The monoisotopic (exact) mass is 497 g/mol. The van der Waals surface area contributed by atoms with E-state index in [9.17, 15) is 4.79 Å². The highest BCUT2D eigenvalue weighted by Crippen LogP contribution is 2.38. The smallest absolute Gasteiger partial charge is 0.259 e. The molecule has 1 aliphatic rings. The quantitative estimate of drug-likeness (QED) is 0.305. The molecule has 3 aromatic heterocycles. The third-order valence-corrected chi connectivity index (χ3v) is 6.05. The average molecular weight is 498 g/mol. The minimum Gasteiger partial charge on any atom is -0.454 e. The van der Waals surface area contributed by atoms with Crippen molar-refractivity contribution in [1.82, 2.24) is 25.2 Å². The molecule has 1 amide bonds.